The van der Waals surface area contributed by atoms with Crippen LogP contribution in [0, 0.1) is 5.92 Å². The van der Waals surface area contributed by atoms with E-state index in [9.17, 15) is 13.2 Å². The zero-order valence-electron chi connectivity index (χ0n) is 22.2. The molecule has 0 unspecified atom stereocenters. The number of carbonyl (C=O) groups is 1. The fourth-order valence-corrected chi connectivity index (χ4v) is 7.25. The Morgan fingerprint density at radius 3 is 2.55 bits per heavy atom. The van der Waals surface area contributed by atoms with Crippen LogP contribution in [0.25, 0.3) is 11.3 Å². The third kappa shape index (κ3) is 5.62. The molecule has 2 fully saturated rings. The Labute approximate surface area is 237 Å². The zero-order valence-corrected chi connectivity index (χ0v) is 23.8. The lowest BCUT2D eigenvalue weighted by Gasteiger charge is -2.26. The highest BCUT2D eigenvalue weighted by Crippen LogP contribution is 2.33. The van der Waals surface area contributed by atoms with Gasteiger partial charge < -0.3 is 14.8 Å². The predicted octanol–water partition coefficient (Wildman–Crippen LogP) is 4.22. The average Bonchev–Trinajstić information content (AvgIpc) is 3.36. The number of nitrogens with one attached hydrogen (secondary N) is 1. The van der Waals surface area contributed by atoms with Crippen molar-refractivity contribution in [1.29, 1.82) is 0 Å². The molecule has 1 saturated heterocycles. The molecule has 1 aromatic heterocycles. The van der Waals surface area contributed by atoms with E-state index in [1.165, 1.54) is 15.6 Å². The molecule has 1 saturated carbocycles. The second-order valence-electron chi connectivity index (χ2n) is 10.2. The largest absolute Gasteiger partial charge is 0.482 e. The number of benzene rings is 2. The van der Waals surface area contributed by atoms with Gasteiger partial charge in [0, 0.05) is 29.7 Å². The summed E-state index contributed by atoms with van der Waals surface area (Å²) in [5.74, 6) is 1.13. The number of aromatic nitrogens is 1. The summed E-state index contributed by atoms with van der Waals surface area (Å²) in [5.41, 5.74) is 4.11. The topological polar surface area (TPSA) is 115 Å². The SMILES string of the molecule is CC1CCC(=Nn2c(-c3ccc4c(c3)NC(=O)CO4)csc2=Nc2ccc(S(=O)(=O)N3CCOCC3)cc2)CC1. The van der Waals surface area contributed by atoms with E-state index < -0.39 is 10.0 Å². The second-order valence-corrected chi connectivity index (χ2v) is 13.0. The van der Waals surface area contributed by atoms with Gasteiger partial charge >= 0.3 is 0 Å². The molecule has 40 heavy (non-hydrogen) atoms. The van der Waals surface area contributed by atoms with Crippen LogP contribution in [0.4, 0.5) is 11.4 Å². The number of nitrogens with zero attached hydrogens (tertiary/aromatic N) is 4. The van der Waals surface area contributed by atoms with E-state index in [1.807, 2.05) is 28.3 Å². The lowest BCUT2D eigenvalue weighted by Crippen LogP contribution is -2.40. The highest BCUT2D eigenvalue weighted by atomic mass is 32.2. The van der Waals surface area contributed by atoms with E-state index in [1.54, 1.807) is 24.3 Å². The number of anilines is 1. The van der Waals surface area contributed by atoms with Crippen LogP contribution >= 0.6 is 11.3 Å². The molecule has 3 heterocycles. The minimum absolute atomic E-state index is 0.00639. The summed E-state index contributed by atoms with van der Waals surface area (Å²) in [6, 6.07) is 12.3. The van der Waals surface area contributed by atoms with Gasteiger partial charge in [-0.15, -0.1) is 11.3 Å². The van der Waals surface area contributed by atoms with Gasteiger partial charge in [-0.2, -0.15) is 9.41 Å². The quantitative estimate of drug-likeness (QED) is 0.485. The number of hydrogen-bond acceptors (Lipinski definition) is 8. The maximum Gasteiger partial charge on any atom is 0.262 e. The van der Waals surface area contributed by atoms with Crippen molar-refractivity contribution < 1.29 is 22.7 Å². The van der Waals surface area contributed by atoms with Crippen molar-refractivity contribution >= 4 is 44.4 Å². The summed E-state index contributed by atoms with van der Waals surface area (Å²) in [4.78, 5) is 17.7. The fraction of sp³-hybridized carbons (Fsp3) is 0.393. The minimum atomic E-state index is -3.58. The molecule has 210 valence electrons. The van der Waals surface area contributed by atoms with Gasteiger partial charge in [0.15, 0.2) is 6.61 Å². The maximum absolute atomic E-state index is 13.0. The smallest absolute Gasteiger partial charge is 0.262 e. The van der Waals surface area contributed by atoms with Crippen molar-refractivity contribution in [1.82, 2.24) is 8.98 Å². The van der Waals surface area contributed by atoms with Crippen LogP contribution in [0.5, 0.6) is 5.75 Å². The molecule has 2 aliphatic heterocycles. The Kier molecular flexibility index (Phi) is 7.58. The molecule has 1 N–H and O–H groups in total. The van der Waals surface area contributed by atoms with Crippen molar-refractivity contribution in [3.05, 3.63) is 52.6 Å². The van der Waals surface area contributed by atoms with Gasteiger partial charge in [-0.05, 0) is 74.1 Å². The molecule has 3 aromatic rings. The van der Waals surface area contributed by atoms with E-state index in [2.05, 4.69) is 12.2 Å². The van der Waals surface area contributed by atoms with E-state index in [0.717, 1.165) is 42.7 Å². The first-order valence-corrected chi connectivity index (χ1v) is 15.8. The van der Waals surface area contributed by atoms with E-state index in [-0.39, 0.29) is 17.4 Å². The Balaban J connectivity index is 1.37. The van der Waals surface area contributed by atoms with Crippen LogP contribution in [-0.4, -0.2) is 61.9 Å². The first kappa shape index (κ1) is 26.9. The molecular formula is C28H31N5O5S2. The van der Waals surface area contributed by atoms with Gasteiger partial charge in [0.05, 0.1) is 35.2 Å². The van der Waals surface area contributed by atoms with Crippen LogP contribution in [-0.2, 0) is 19.6 Å². The van der Waals surface area contributed by atoms with E-state index >= 15 is 0 Å². The molecule has 0 radical (unpaired) electrons. The number of carbonyl (C=O) groups excluding carboxylic acids is 1. The fourth-order valence-electron chi connectivity index (χ4n) is 4.99. The van der Waals surface area contributed by atoms with Crippen LogP contribution in [0.15, 0.2) is 62.8 Å². The molecule has 0 bridgehead atoms. The highest BCUT2D eigenvalue weighted by Gasteiger charge is 2.26. The number of hydrogen-bond donors (Lipinski definition) is 1. The van der Waals surface area contributed by atoms with Crippen LogP contribution in [0.1, 0.15) is 32.6 Å². The van der Waals surface area contributed by atoms with Crippen molar-refractivity contribution in [2.75, 3.05) is 38.2 Å². The number of rotatable bonds is 5. The summed E-state index contributed by atoms with van der Waals surface area (Å²) in [6.07, 6.45) is 4.08. The van der Waals surface area contributed by atoms with Crippen molar-refractivity contribution in [2.45, 2.75) is 37.5 Å². The van der Waals surface area contributed by atoms with Crippen molar-refractivity contribution in [3.8, 4) is 17.0 Å². The first-order chi connectivity index (χ1) is 19.4. The highest BCUT2D eigenvalue weighted by molar-refractivity contribution is 7.89. The van der Waals surface area contributed by atoms with Gasteiger partial charge in [0.1, 0.15) is 5.75 Å². The molecule has 10 nitrogen and oxygen atoms in total. The van der Waals surface area contributed by atoms with Crippen LogP contribution in [0.2, 0.25) is 0 Å². The number of fused-ring (bicyclic) bond motifs is 1. The number of morpholine rings is 1. The molecule has 12 heteroatoms. The number of amides is 1. The van der Waals surface area contributed by atoms with Crippen LogP contribution in [0.3, 0.4) is 0 Å². The van der Waals surface area contributed by atoms with Gasteiger partial charge in [0.2, 0.25) is 14.8 Å². The third-order valence-corrected chi connectivity index (χ3v) is 10.1. The molecule has 1 aliphatic carbocycles. The monoisotopic (exact) mass is 581 g/mol. The number of sulfonamides is 1. The van der Waals surface area contributed by atoms with Crippen molar-refractivity contribution in [3.63, 3.8) is 0 Å². The van der Waals surface area contributed by atoms with Crippen molar-refractivity contribution in [2.24, 2.45) is 16.0 Å². The minimum Gasteiger partial charge on any atom is -0.482 e. The molecule has 0 spiro atoms. The molecule has 3 aliphatic rings. The van der Waals surface area contributed by atoms with E-state index in [4.69, 9.17) is 19.6 Å². The Hall–Kier alpha value is -3.32. The summed E-state index contributed by atoms with van der Waals surface area (Å²) < 4.78 is 40.2. The normalized spacial score (nSPS) is 20.5. The maximum atomic E-state index is 13.0. The lowest BCUT2D eigenvalue weighted by molar-refractivity contribution is -0.118. The molecule has 1 amide bonds. The Bertz CT molecular complexity index is 1610. The lowest BCUT2D eigenvalue weighted by atomic mass is 9.90. The average molecular weight is 582 g/mol. The Morgan fingerprint density at radius 2 is 1.80 bits per heavy atom. The molecule has 2 aromatic carbocycles. The Morgan fingerprint density at radius 1 is 1.05 bits per heavy atom. The zero-order chi connectivity index (χ0) is 27.7. The summed E-state index contributed by atoms with van der Waals surface area (Å²) >= 11 is 1.46. The standard InChI is InChI=1S/C28H31N5O5S2/c1-19-2-5-22(6-3-19)31-33-25(20-4-11-26-24(16-20)30-27(34)17-38-26)18-39-28(33)29-21-7-9-23(10-8-21)40(35,36)32-12-14-37-15-13-32/h4,7-11,16,18-19H,2-3,5-6,12-15,17H2,1H3,(H,30,34). The summed E-state index contributed by atoms with van der Waals surface area (Å²) in [6.45, 7) is 3.78. The van der Waals surface area contributed by atoms with E-state index in [0.29, 0.717) is 54.1 Å². The van der Waals surface area contributed by atoms with Crippen LogP contribution < -0.4 is 14.9 Å². The summed E-state index contributed by atoms with van der Waals surface area (Å²) in [7, 11) is -3.58. The number of thiazole rings is 1. The first-order valence-electron chi connectivity index (χ1n) is 13.4. The predicted molar refractivity (Wildman–Crippen MR) is 154 cm³/mol. The van der Waals surface area contributed by atoms with Gasteiger partial charge in [-0.1, -0.05) is 6.92 Å². The second kappa shape index (κ2) is 11.3. The summed E-state index contributed by atoms with van der Waals surface area (Å²) in [5, 5.41) is 9.92. The van der Waals surface area contributed by atoms with Gasteiger partial charge in [0.25, 0.3) is 5.91 Å². The molecular weight excluding hydrogens is 550 g/mol. The van der Waals surface area contributed by atoms with Gasteiger partial charge in [-0.3, -0.25) is 4.79 Å². The molecule has 0 atom stereocenters. The molecule has 6 rings (SSSR count). The van der Waals surface area contributed by atoms with Gasteiger partial charge in [-0.25, -0.2) is 18.1 Å². The third-order valence-electron chi connectivity index (χ3n) is 7.36. The number of ether oxygens (including phenoxy) is 2.